The van der Waals surface area contributed by atoms with E-state index in [0.717, 1.165) is 0 Å². The van der Waals surface area contributed by atoms with Crippen molar-refractivity contribution in [1.82, 2.24) is 10.6 Å². The zero-order chi connectivity index (χ0) is 13.1. The van der Waals surface area contributed by atoms with Crippen molar-refractivity contribution in [3.8, 4) is 0 Å². The van der Waals surface area contributed by atoms with Crippen molar-refractivity contribution < 1.29 is 19.1 Å². The Labute approximate surface area is 102 Å². The van der Waals surface area contributed by atoms with Gasteiger partial charge in [0.2, 0.25) is 5.91 Å². The second kappa shape index (κ2) is 10.0. The predicted octanol–water partition coefficient (Wildman–Crippen LogP) is -0.462. The molecule has 0 aromatic heterocycles. The molecule has 0 bridgehead atoms. The smallest absolute Gasteiger partial charge is 0.309 e. The Morgan fingerprint density at radius 1 is 1.24 bits per heavy atom. The molecular weight excluding hydrogens is 224 g/mol. The van der Waals surface area contributed by atoms with Gasteiger partial charge in [-0.3, -0.25) is 9.59 Å². The van der Waals surface area contributed by atoms with Crippen LogP contribution < -0.4 is 10.6 Å². The number of hydrogen-bond donors (Lipinski definition) is 2. The largest absolute Gasteiger partial charge is 0.469 e. The van der Waals surface area contributed by atoms with Gasteiger partial charge in [0.15, 0.2) is 0 Å². The topological polar surface area (TPSA) is 76.7 Å². The maximum atomic E-state index is 11.3. The maximum Gasteiger partial charge on any atom is 0.309 e. The van der Waals surface area contributed by atoms with E-state index in [1.165, 1.54) is 7.11 Å². The summed E-state index contributed by atoms with van der Waals surface area (Å²) in [6.45, 7) is 3.86. The fourth-order valence-corrected chi connectivity index (χ4v) is 1.19. The van der Waals surface area contributed by atoms with Gasteiger partial charge in [-0.1, -0.05) is 6.92 Å². The number of carbonyl (C=O) groups excluding carboxylic acids is 2. The van der Waals surface area contributed by atoms with Crippen LogP contribution in [-0.4, -0.2) is 52.3 Å². The van der Waals surface area contributed by atoms with E-state index in [1.807, 2.05) is 0 Å². The van der Waals surface area contributed by atoms with Crippen molar-refractivity contribution in [2.24, 2.45) is 5.92 Å². The van der Waals surface area contributed by atoms with Crippen molar-refractivity contribution in [3.05, 3.63) is 0 Å². The van der Waals surface area contributed by atoms with E-state index in [-0.39, 0.29) is 17.8 Å². The van der Waals surface area contributed by atoms with Crippen LogP contribution in [0.5, 0.6) is 0 Å². The summed E-state index contributed by atoms with van der Waals surface area (Å²) in [5.41, 5.74) is 0. The molecule has 0 aliphatic carbocycles. The zero-order valence-corrected chi connectivity index (χ0v) is 10.7. The van der Waals surface area contributed by atoms with Gasteiger partial charge >= 0.3 is 5.97 Å². The summed E-state index contributed by atoms with van der Waals surface area (Å²) >= 11 is 0. The van der Waals surface area contributed by atoms with E-state index in [4.69, 9.17) is 4.74 Å². The van der Waals surface area contributed by atoms with Crippen LogP contribution in [0.1, 0.15) is 13.3 Å². The summed E-state index contributed by atoms with van der Waals surface area (Å²) < 4.78 is 9.39. The second-order valence-corrected chi connectivity index (χ2v) is 3.72. The number of methoxy groups -OCH3 is 2. The minimum Gasteiger partial charge on any atom is -0.469 e. The van der Waals surface area contributed by atoms with Crippen LogP contribution in [0.25, 0.3) is 0 Å². The monoisotopic (exact) mass is 246 g/mol. The highest BCUT2D eigenvalue weighted by Gasteiger charge is 2.11. The lowest BCUT2D eigenvalue weighted by Gasteiger charge is -2.10. The Bertz CT molecular complexity index is 234. The van der Waals surface area contributed by atoms with Gasteiger partial charge in [0.1, 0.15) is 0 Å². The molecule has 0 heterocycles. The Kier molecular flexibility index (Phi) is 9.37. The summed E-state index contributed by atoms with van der Waals surface area (Å²) in [5, 5.41) is 5.74. The first-order chi connectivity index (χ1) is 8.11. The first kappa shape index (κ1) is 15.9. The molecule has 0 radical (unpaired) electrons. The van der Waals surface area contributed by atoms with Crippen molar-refractivity contribution in [2.75, 3.05) is 40.5 Å². The molecule has 0 saturated carbocycles. The Morgan fingerprint density at radius 2 is 1.94 bits per heavy atom. The molecule has 2 N–H and O–H groups in total. The van der Waals surface area contributed by atoms with Gasteiger partial charge in [0.25, 0.3) is 0 Å². The molecule has 1 unspecified atom stereocenters. The highest BCUT2D eigenvalue weighted by Crippen LogP contribution is 1.94. The van der Waals surface area contributed by atoms with E-state index in [0.29, 0.717) is 32.7 Å². The lowest BCUT2D eigenvalue weighted by Crippen LogP contribution is -2.32. The van der Waals surface area contributed by atoms with Gasteiger partial charge in [-0.25, -0.2) is 0 Å². The van der Waals surface area contributed by atoms with E-state index in [2.05, 4.69) is 15.4 Å². The lowest BCUT2D eigenvalue weighted by molar-refractivity contribution is -0.144. The molecule has 0 aliphatic heterocycles. The third-order valence-corrected chi connectivity index (χ3v) is 2.21. The average molecular weight is 246 g/mol. The summed E-state index contributed by atoms with van der Waals surface area (Å²) in [5.74, 6) is -0.473. The van der Waals surface area contributed by atoms with Crippen molar-refractivity contribution in [2.45, 2.75) is 13.3 Å². The van der Waals surface area contributed by atoms with Gasteiger partial charge in [-0.05, 0) is 0 Å². The average Bonchev–Trinajstić information content (AvgIpc) is 2.33. The molecule has 0 aliphatic rings. The van der Waals surface area contributed by atoms with Gasteiger partial charge in [0.05, 0.1) is 19.6 Å². The predicted molar refractivity (Wildman–Crippen MR) is 63.6 cm³/mol. The highest BCUT2D eigenvalue weighted by molar-refractivity contribution is 5.76. The number of carbonyl (C=O) groups is 2. The molecule has 0 aromatic carbocycles. The van der Waals surface area contributed by atoms with Crippen molar-refractivity contribution in [1.29, 1.82) is 0 Å². The number of nitrogens with one attached hydrogen (secondary N) is 2. The van der Waals surface area contributed by atoms with Crippen LogP contribution in [0.3, 0.4) is 0 Å². The van der Waals surface area contributed by atoms with Gasteiger partial charge < -0.3 is 20.1 Å². The number of esters is 1. The molecule has 1 atom stereocenters. The first-order valence-corrected chi connectivity index (χ1v) is 5.66. The van der Waals surface area contributed by atoms with E-state index < -0.39 is 0 Å². The number of hydrogen-bond acceptors (Lipinski definition) is 5. The minimum atomic E-state index is -0.248. The van der Waals surface area contributed by atoms with Crippen molar-refractivity contribution in [3.63, 3.8) is 0 Å². The Morgan fingerprint density at radius 3 is 2.53 bits per heavy atom. The molecule has 0 fully saturated rings. The van der Waals surface area contributed by atoms with Crippen LogP contribution in [0.15, 0.2) is 0 Å². The summed E-state index contributed by atoms with van der Waals surface area (Å²) in [7, 11) is 2.95. The van der Waals surface area contributed by atoms with Gasteiger partial charge in [0, 0.05) is 33.2 Å². The standard InChI is InChI=1S/C11H22N2O4/c1-9(11(15)17-3)8-12-5-4-10(14)13-6-7-16-2/h9,12H,4-8H2,1-3H3,(H,13,14). The molecule has 0 rings (SSSR count). The van der Waals surface area contributed by atoms with Crippen LogP contribution in [0.2, 0.25) is 0 Å². The van der Waals surface area contributed by atoms with Gasteiger partial charge in [-0.2, -0.15) is 0 Å². The number of amides is 1. The fraction of sp³-hybridized carbons (Fsp3) is 0.818. The van der Waals surface area contributed by atoms with Crippen LogP contribution >= 0.6 is 0 Å². The zero-order valence-electron chi connectivity index (χ0n) is 10.7. The summed E-state index contributed by atoms with van der Waals surface area (Å²) in [6, 6.07) is 0. The van der Waals surface area contributed by atoms with Crippen LogP contribution in [0.4, 0.5) is 0 Å². The quantitative estimate of drug-likeness (QED) is 0.425. The molecular formula is C11H22N2O4. The van der Waals surface area contributed by atoms with Gasteiger partial charge in [-0.15, -0.1) is 0 Å². The second-order valence-electron chi connectivity index (χ2n) is 3.72. The molecule has 6 heteroatoms. The van der Waals surface area contributed by atoms with Crippen molar-refractivity contribution >= 4 is 11.9 Å². The van der Waals surface area contributed by atoms with Crippen LogP contribution in [-0.2, 0) is 19.1 Å². The maximum absolute atomic E-state index is 11.3. The molecule has 100 valence electrons. The SMILES string of the molecule is COCCNC(=O)CCNCC(C)C(=O)OC. The molecule has 0 spiro atoms. The molecule has 0 saturated heterocycles. The van der Waals surface area contributed by atoms with E-state index in [9.17, 15) is 9.59 Å². The summed E-state index contributed by atoms with van der Waals surface area (Å²) in [4.78, 5) is 22.3. The number of rotatable bonds is 9. The van der Waals surface area contributed by atoms with E-state index >= 15 is 0 Å². The highest BCUT2D eigenvalue weighted by atomic mass is 16.5. The van der Waals surface area contributed by atoms with E-state index in [1.54, 1.807) is 14.0 Å². The first-order valence-electron chi connectivity index (χ1n) is 5.66. The lowest BCUT2D eigenvalue weighted by atomic mass is 10.2. The number of ether oxygens (including phenoxy) is 2. The Balaban J connectivity index is 3.44. The molecule has 17 heavy (non-hydrogen) atoms. The minimum absolute atomic E-state index is 0.0275. The third-order valence-electron chi connectivity index (χ3n) is 2.21. The molecule has 1 amide bonds. The fourth-order valence-electron chi connectivity index (χ4n) is 1.19. The Hall–Kier alpha value is -1.14. The third kappa shape index (κ3) is 8.65. The normalized spacial score (nSPS) is 11.9. The molecule has 6 nitrogen and oxygen atoms in total. The molecule has 0 aromatic rings. The summed E-state index contributed by atoms with van der Waals surface area (Å²) in [6.07, 6.45) is 0.387. The van der Waals surface area contributed by atoms with Crippen LogP contribution in [0, 0.1) is 5.92 Å².